The van der Waals surface area contributed by atoms with E-state index in [-0.39, 0.29) is 4.90 Å². The lowest BCUT2D eigenvalue weighted by Gasteiger charge is -2.16. The van der Waals surface area contributed by atoms with E-state index in [1.54, 1.807) is 0 Å². The molecule has 2 aromatic carbocycles. The molecule has 0 bridgehead atoms. The number of carbonyl (C=O) groups is 1. The van der Waals surface area contributed by atoms with Gasteiger partial charge in [0.25, 0.3) is 0 Å². The quantitative estimate of drug-likeness (QED) is 0.145. The van der Waals surface area contributed by atoms with Crippen LogP contribution < -0.4 is 4.74 Å². The predicted octanol–water partition coefficient (Wildman–Crippen LogP) is 6.52. The van der Waals surface area contributed by atoms with Crippen molar-refractivity contribution < 1.29 is 17.8 Å². The lowest BCUT2D eigenvalue weighted by Crippen LogP contribution is -2.18. The minimum atomic E-state index is -3.05. The van der Waals surface area contributed by atoms with Gasteiger partial charge in [0.15, 0.2) is 0 Å². The van der Waals surface area contributed by atoms with Crippen LogP contribution in [0.15, 0.2) is 85.2 Å². The molecule has 0 aliphatic heterocycles. The number of unbranched alkanes of at least 4 members (excludes halogenated alkanes) is 2. The molecule has 0 fully saturated rings. The van der Waals surface area contributed by atoms with Crippen LogP contribution in [0.4, 0.5) is 0 Å². The van der Waals surface area contributed by atoms with Gasteiger partial charge in [0.2, 0.25) is 11.8 Å². The van der Waals surface area contributed by atoms with Crippen LogP contribution in [-0.2, 0) is 4.79 Å². The number of likely N-dealkylation sites (N-methyl/N-ethyl adjacent to an activating group) is 1. The van der Waals surface area contributed by atoms with Crippen LogP contribution in [0.3, 0.4) is 0 Å². The summed E-state index contributed by atoms with van der Waals surface area (Å²) in [7, 11) is 0. The van der Waals surface area contributed by atoms with Gasteiger partial charge in [-0.25, -0.2) is 4.98 Å². The number of nitrogens with one attached hydrogen (secondary N) is 1. The number of amides is 1. The standard InChI is InChI=1S/C31H34N4O2/c1-4-27(23-12-8-7-9-13-23)31(24-15-17-28-26(20-24)22-33-34-28)25-16-18-29(32-21-25)37-19-11-6-5-10-14-30(36)35(2)3/h7-10,12-18,20-22H,4-6,11,19H2,1-3H3,(H,33,34)/b14-10+,31-27-/i2D3,3D3. The third-order valence-corrected chi connectivity index (χ3v) is 6.03. The molecule has 4 rings (SSSR count). The SMILES string of the molecule is [2H]C([2H])([2H])N(C(=O)/C=C/CCCCOc1ccc(/C(=C(/CC)c2ccccc2)c2ccc3[nH]ncc3c2)cn1)C([2H])([2H])[2H]. The van der Waals surface area contributed by atoms with Crippen LogP contribution in [0, 0.1) is 0 Å². The smallest absolute Gasteiger partial charge is 0.245 e. The number of H-pyrrole nitrogens is 1. The summed E-state index contributed by atoms with van der Waals surface area (Å²) in [5, 5.41) is 8.19. The van der Waals surface area contributed by atoms with Crippen molar-refractivity contribution in [1.29, 1.82) is 0 Å². The highest BCUT2D eigenvalue weighted by molar-refractivity contribution is 6.00. The van der Waals surface area contributed by atoms with Crippen molar-refractivity contribution in [3.05, 3.63) is 102 Å². The van der Waals surface area contributed by atoms with E-state index in [2.05, 4.69) is 46.4 Å². The molecule has 0 radical (unpaired) electrons. The highest BCUT2D eigenvalue weighted by atomic mass is 16.5. The Morgan fingerprint density at radius 1 is 1.03 bits per heavy atom. The Labute approximate surface area is 227 Å². The number of fused-ring (bicyclic) bond motifs is 1. The van der Waals surface area contributed by atoms with E-state index >= 15 is 0 Å². The first kappa shape index (κ1) is 19.0. The van der Waals surface area contributed by atoms with Crippen molar-refractivity contribution in [3.63, 3.8) is 0 Å². The van der Waals surface area contributed by atoms with Crippen LogP contribution >= 0.6 is 0 Å². The second-order valence-electron chi connectivity index (χ2n) is 8.55. The van der Waals surface area contributed by atoms with Gasteiger partial charge in [0.1, 0.15) is 0 Å². The first-order valence-electron chi connectivity index (χ1n) is 15.3. The molecule has 4 aromatic rings. The molecule has 0 aliphatic rings. The number of ether oxygens (including phenoxy) is 1. The summed E-state index contributed by atoms with van der Waals surface area (Å²) in [6.07, 6.45) is 8.71. The predicted molar refractivity (Wildman–Crippen MR) is 150 cm³/mol. The summed E-state index contributed by atoms with van der Waals surface area (Å²) in [4.78, 5) is 16.6. The average Bonchev–Trinajstić information content (AvgIpc) is 3.43. The zero-order valence-electron chi connectivity index (χ0n) is 26.8. The molecule has 2 aromatic heterocycles. The summed E-state index contributed by atoms with van der Waals surface area (Å²) >= 11 is 0. The van der Waals surface area contributed by atoms with Crippen LogP contribution in [0.25, 0.3) is 22.0 Å². The van der Waals surface area contributed by atoms with E-state index in [4.69, 9.17) is 13.0 Å². The summed E-state index contributed by atoms with van der Waals surface area (Å²) in [5.41, 5.74) is 6.44. The van der Waals surface area contributed by atoms with E-state index < -0.39 is 19.9 Å². The Balaban J connectivity index is 1.40. The summed E-state index contributed by atoms with van der Waals surface area (Å²) in [5.74, 6) is -0.583. The molecule has 1 amide bonds. The molecule has 2 heterocycles. The lowest BCUT2D eigenvalue weighted by molar-refractivity contribution is -0.123. The molecular formula is C31H34N4O2. The maximum Gasteiger partial charge on any atom is 0.245 e. The van der Waals surface area contributed by atoms with E-state index in [0.29, 0.717) is 31.7 Å². The van der Waals surface area contributed by atoms with Crippen molar-refractivity contribution in [2.45, 2.75) is 32.6 Å². The van der Waals surface area contributed by atoms with Gasteiger partial charge in [-0.2, -0.15) is 5.10 Å². The van der Waals surface area contributed by atoms with Gasteiger partial charge in [0, 0.05) is 45.4 Å². The molecule has 1 N–H and O–H groups in total. The van der Waals surface area contributed by atoms with Crippen LogP contribution in [0.1, 0.15) is 57.5 Å². The van der Waals surface area contributed by atoms with Gasteiger partial charge in [-0.15, -0.1) is 0 Å². The van der Waals surface area contributed by atoms with E-state index in [1.165, 1.54) is 11.6 Å². The molecule has 0 spiro atoms. The molecule has 0 saturated carbocycles. The first-order valence-corrected chi connectivity index (χ1v) is 12.3. The van der Waals surface area contributed by atoms with Crippen molar-refractivity contribution in [2.75, 3.05) is 20.6 Å². The number of aromatic amines is 1. The molecule has 0 aliphatic carbocycles. The van der Waals surface area contributed by atoms with Crippen LogP contribution in [-0.4, -0.2) is 46.5 Å². The number of hydrogen-bond acceptors (Lipinski definition) is 4. The Kier molecular flexibility index (Phi) is 6.51. The molecule has 190 valence electrons. The topological polar surface area (TPSA) is 71.1 Å². The minimum Gasteiger partial charge on any atom is -0.478 e. The van der Waals surface area contributed by atoms with Gasteiger partial charge < -0.3 is 9.64 Å². The van der Waals surface area contributed by atoms with Gasteiger partial charge in [-0.1, -0.05) is 49.4 Å². The first-order chi connectivity index (χ1) is 20.5. The highest BCUT2D eigenvalue weighted by Gasteiger charge is 2.14. The Morgan fingerprint density at radius 2 is 1.86 bits per heavy atom. The molecule has 37 heavy (non-hydrogen) atoms. The van der Waals surface area contributed by atoms with Gasteiger partial charge in [-0.3, -0.25) is 9.89 Å². The summed E-state index contributed by atoms with van der Waals surface area (Å²) in [6, 6.07) is 20.4. The van der Waals surface area contributed by atoms with Crippen molar-refractivity contribution in [3.8, 4) is 5.88 Å². The number of benzene rings is 2. The normalized spacial score (nSPS) is 15.2. The third-order valence-electron chi connectivity index (χ3n) is 6.03. The average molecular weight is 501 g/mol. The lowest BCUT2D eigenvalue weighted by atomic mass is 9.88. The fourth-order valence-electron chi connectivity index (χ4n) is 4.19. The van der Waals surface area contributed by atoms with E-state index in [0.717, 1.165) is 45.7 Å². The number of pyridine rings is 1. The Hall–Kier alpha value is -4.19. The van der Waals surface area contributed by atoms with Crippen LogP contribution in [0.2, 0.25) is 0 Å². The number of carbonyl (C=O) groups excluding carboxylic acids is 1. The minimum absolute atomic E-state index is 0.0608. The van der Waals surface area contributed by atoms with Gasteiger partial charge in [0.05, 0.1) is 18.3 Å². The maximum atomic E-state index is 12.1. The third kappa shape index (κ3) is 6.73. The zero-order chi connectivity index (χ0) is 31.0. The molecule has 0 saturated heterocycles. The fourth-order valence-corrected chi connectivity index (χ4v) is 4.19. The van der Waals surface area contributed by atoms with Gasteiger partial charge >= 0.3 is 0 Å². The summed E-state index contributed by atoms with van der Waals surface area (Å²) < 4.78 is 49.7. The highest BCUT2D eigenvalue weighted by Crippen LogP contribution is 2.35. The molecular weight excluding hydrogens is 460 g/mol. The van der Waals surface area contributed by atoms with E-state index in [9.17, 15) is 4.79 Å². The Bertz CT molecular complexity index is 1560. The number of rotatable bonds is 11. The number of hydrogen-bond donors (Lipinski definition) is 1. The van der Waals surface area contributed by atoms with Crippen molar-refractivity contribution in [1.82, 2.24) is 20.1 Å². The molecule has 0 unspecified atom stereocenters. The molecule has 0 atom stereocenters. The monoisotopic (exact) mass is 500 g/mol. The largest absolute Gasteiger partial charge is 0.478 e. The molecule has 6 nitrogen and oxygen atoms in total. The fraction of sp³-hybridized carbons (Fsp3) is 0.258. The van der Waals surface area contributed by atoms with Crippen molar-refractivity contribution >= 4 is 28.0 Å². The number of nitrogens with zero attached hydrogens (tertiary/aromatic N) is 3. The van der Waals surface area contributed by atoms with Crippen LogP contribution in [0.5, 0.6) is 5.88 Å². The molecule has 6 heteroatoms. The number of allylic oxidation sites excluding steroid dienone is 2. The van der Waals surface area contributed by atoms with E-state index in [1.807, 2.05) is 48.8 Å². The Morgan fingerprint density at radius 3 is 2.62 bits per heavy atom. The van der Waals surface area contributed by atoms with Gasteiger partial charge in [-0.05, 0) is 72.2 Å². The zero-order valence-corrected chi connectivity index (χ0v) is 20.8. The second kappa shape index (κ2) is 12.7. The maximum absolute atomic E-state index is 12.1. The number of aromatic nitrogens is 3. The van der Waals surface area contributed by atoms with Crippen molar-refractivity contribution in [2.24, 2.45) is 0 Å². The summed E-state index contributed by atoms with van der Waals surface area (Å²) in [6.45, 7) is -3.56. The second-order valence-corrected chi connectivity index (χ2v) is 8.55.